The number of likely N-dealkylation sites (tertiary alicyclic amines) is 1. The molecule has 3 atom stereocenters. The Bertz CT molecular complexity index is 359. The summed E-state index contributed by atoms with van der Waals surface area (Å²) in [6.07, 6.45) is 12.7. The van der Waals surface area contributed by atoms with Gasteiger partial charge in [0.25, 0.3) is 0 Å². The fraction of sp³-hybridized carbons (Fsp3) is 1.00. The Hall–Kier alpha value is -0.0800. The molecule has 2 heteroatoms. The highest BCUT2D eigenvalue weighted by Gasteiger charge is 2.50. The Balaban J connectivity index is 1.83. The van der Waals surface area contributed by atoms with E-state index in [1.807, 2.05) is 0 Å². The molecule has 2 saturated carbocycles. The quantitative estimate of drug-likeness (QED) is 0.845. The van der Waals surface area contributed by atoms with Gasteiger partial charge in [0.2, 0.25) is 0 Å². The van der Waals surface area contributed by atoms with Crippen molar-refractivity contribution < 1.29 is 0 Å². The third kappa shape index (κ3) is 3.03. The van der Waals surface area contributed by atoms with E-state index in [1.54, 1.807) is 0 Å². The third-order valence-electron chi connectivity index (χ3n) is 6.67. The predicted molar refractivity (Wildman–Crippen MR) is 90.3 cm³/mol. The van der Waals surface area contributed by atoms with E-state index < -0.39 is 0 Å². The molecule has 3 aliphatic rings. The molecule has 0 radical (unpaired) electrons. The van der Waals surface area contributed by atoms with Crippen LogP contribution in [0.15, 0.2) is 0 Å². The van der Waals surface area contributed by atoms with Crippen LogP contribution in [0, 0.1) is 17.3 Å². The van der Waals surface area contributed by atoms with Crippen LogP contribution in [-0.2, 0) is 0 Å². The summed E-state index contributed by atoms with van der Waals surface area (Å²) < 4.78 is 0. The average Bonchev–Trinajstić information content (AvgIpc) is 3.06. The lowest BCUT2D eigenvalue weighted by molar-refractivity contribution is -0.0307. The first-order valence-electron chi connectivity index (χ1n) is 9.43. The molecule has 3 rings (SSSR count). The van der Waals surface area contributed by atoms with E-state index in [1.165, 1.54) is 64.3 Å². The van der Waals surface area contributed by atoms with E-state index in [9.17, 15) is 0 Å². The second kappa shape index (κ2) is 5.85. The second-order valence-corrected chi connectivity index (χ2v) is 9.23. The molecule has 0 aromatic carbocycles. The van der Waals surface area contributed by atoms with E-state index in [2.05, 4.69) is 25.7 Å². The molecule has 2 N–H and O–H groups in total. The zero-order valence-corrected chi connectivity index (χ0v) is 14.5. The van der Waals surface area contributed by atoms with Gasteiger partial charge >= 0.3 is 0 Å². The van der Waals surface area contributed by atoms with Gasteiger partial charge in [0.15, 0.2) is 0 Å². The number of hydrogen-bond donors (Lipinski definition) is 1. The Morgan fingerprint density at radius 3 is 2.38 bits per heavy atom. The van der Waals surface area contributed by atoms with Gasteiger partial charge in [-0.15, -0.1) is 0 Å². The maximum atomic E-state index is 6.42. The molecule has 3 unspecified atom stereocenters. The van der Waals surface area contributed by atoms with Crippen molar-refractivity contribution in [2.45, 2.75) is 90.1 Å². The van der Waals surface area contributed by atoms with Crippen molar-refractivity contribution in [2.24, 2.45) is 23.0 Å². The molecule has 1 aliphatic heterocycles. The molecule has 0 aromatic rings. The van der Waals surface area contributed by atoms with Crippen molar-refractivity contribution >= 4 is 0 Å². The van der Waals surface area contributed by atoms with Crippen molar-refractivity contribution in [2.75, 3.05) is 13.1 Å². The highest BCUT2D eigenvalue weighted by atomic mass is 15.3. The molecule has 0 spiro atoms. The Kier molecular flexibility index (Phi) is 4.40. The molecule has 2 nitrogen and oxygen atoms in total. The van der Waals surface area contributed by atoms with Crippen LogP contribution in [0.5, 0.6) is 0 Å². The normalized spacial score (nSPS) is 41.7. The summed E-state index contributed by atoms with van der Waals surface area (Å²) in [6.45, 7) is 9.55. The standard InChI is InChI=1S/C19H36N2/c1-15-11-18(2,3)13-19(12-15,14-20)21-10-6-9-17(21)16-7-4-5-8-16/h15-17H,4-14,20H2,1-3H3. The number of rotatable bonds is 3. The summed E-state index contributed by atoms with van der Waals surface area (Å²) in [5.41, 5.74) is 7.18. The lowest BCUT2D eigenvalue weighted by Crippen LogP contribution is -2.61. The van der Waals surface area contributed by atoms with Gasteiger partial charge in [-0.3, -0.25) is 4.90 Å². The van der Waals surface area contributed by atoms with Gasteiger partial charge in [0, 0.05) is 18.1 Å². The zero-order valence-electron chi connectivity index (χ0n) is 14.5. The fourth-order valence-electron chi connectivity index (χ4n) is 6.40. The molecule has 3 fully saturated rings. The fourth-order valence-corrected chi connectivity index (χ4v) is 6.40. The number of nitrogens with two attached hydrogens (primary N) is 1. The van der Waals surface area contributed by atoms with Gasteiger partial charge in [-0.1, -0.05) is 33.6 Å². The minimum atomic E-state index is 0.297. The van der Waals surface area contributed by atoms with Gasteiger partial charge in [-0.25, -0.2) is 0 Å². The Morgan fingerprint density at radius 2 is 1.76 bits per heavy atom. The average molecular weight is 293 g/mol. The van der Waals surface area contributed by atoms with Gasteiger partial charge in [-0.05, 0) is 68.7 Å². The van der Waals surface area contributed by atoms with Gasteiger partial charge in [-0.2, -0.15) is 0 Å². The van der Waals surface area contributed by atoms with E-state index in [-0.39, 0.29) is 0 Å². The molecule has 122 valence electrons. The van der Waals surface area contributed by atoms with Crippen LogP contribution >= 0.6 is 0 Å². The third-order valence-corrected chi connectivity index (χ3v) is 6.67. The first-order chi connectivity index (χ1) is 9.96. The highest BCUT2D eigenvalue weighted by Crippen LogP contribution is 2.49. The summed E-state index contributed by atoms with van der Waals surface area (Å²) in [5.74, 6) is 1.79. The van der Waals surface area contributed by atoms with Crippen molar-refractivity contribution in [3.05, 3.63) is 0 Å². The second-order valence-electron chi connectivity index (χ2n) is 9.23. The van der Waals surface area contributed by atoms with Gasteiger partial charge in [0.05, 0.1) is 0 Å². The van der Waals surface area contributed by atoms with Crippen LogP contribution in [-0.4, -0.2) is 29.6 Å². The topological polar surface area (TPSA) is 29.3 Å². The SMILES string of the molecule is CC1CC(C)(C)CC(CN)(N2CCCC2C2CCCC2)C1. The molecule has 0 bridgehead atoms. The van der Waals surface area contributed by atoms with Crippen molar-refractivity contribution in [3.8, 4) is 0 Å². The van der Waals surface area contributed by atoms with Crippen molar-refractivity contribution in [3.63, 3.8) is 0 Å². The largest absolute Gasteiger partial charge is 0.329 e. The molecule has 21 heavy (non-hydrogen) atoms. The van der Waals surface area contributed by atoms with Crippen molar-refractivity contribution in [1.29, 1.82) is 0 Å². The number of nitrogens with zero attached hydrogens (tertiary/aromatic N) is 1. The van der Waals surface area contributed by atoms with E-state index in [0.717, 1.165) is 24.4 Å². The summed E-state index contributed by atoms with van der Waals surface area (Å²) >= 11 is 0. The molecule has 0 amide bonds. The summed E-state index contributed by atoms with van der Waals surface area (Å²) in [5, 5.41) is 0. The van der Waals surface area contributed by atoms with Gasteiger partial charge < -0.3 is 5.73 Å². The Morgan fingerprint density at radius 1 is 1.05 bits per heavy atom. The first-order valence-corrected chi connectivity index (χ1v) is 9.43. The van der Waals surface area contributed by atoms with Gasteiger partial charge in [0.1, 0.15) is 0 Å². The lowest BCUT2D eigenvalue weighted by atomic mass is 9.63. The molecule has 1 heterocycles. The van der Waals surface area contributed by atoms with Crippen molar-refractivity contribution in [1.82, 2.24) is 4.90 Å². The van der Waals surface area contributed by atoms with Crippen LogP contribution in [0.25, 0.3) is 0 Å². The Labute approximate surface area is 131 Å². The highest BCUT2D eigenvalue weighted by molar-refractivity contribution is 5.05. The summed E-state index contributed by atoms with van der Waals surface area (Å²) in [4.78, 5) is 2.92. The van der Waals surface area contributed by atoms with Crippen LogP contribution in [0.3, 0.4) is 0 Å². The minimum Gasteiger partial charge on any atom is -0.329 e. The maximum absolute atomic E-state index is 6.42. The molecule has 1 saturated heterocycles. The predicted octanol–water partition coefficient (Wildman–Crippen LogP) is 4.18. The summed E-state index contributed by atoms with van der Waals surface area (Å²) in [6, 6.07) is 0.845. The van der Waals surface area contributed by atoms with Crippen LogP contribution in [0.2, 0.25) is 0 Å². The van der Waals surface area contributed by atoms with Crippen LogP contribution in [0.4, 0.5) is 0 Å². The van der Waals surface area contributed by atoms with E-state index in [0.29, 0.717) is 11.0 Å². The molecule has 2 aliphatic carbocycles. The van der Waals surface area contributed by atoms with E-state index >= 15 is 0 Å². The van der Waals surface area contributed by atoms with E-state index in [4.69, 9.17) is 5.73 Å². The number of hydrogen-bond acceptors (Lipinski definition) is 2. The molecule has 0 aromatic heterocycles. The summed E-state index contributed by atoms with van der Waals surface area (Å²) in [7, 11) is 0. The molecular formula is C19H36N2. The minimum absolute atomic E-state index is 0.297. The zero-order chi connectivity index (χ0) is 15.1. The smallest absolute Gasteiger partial charge is 0.0342 e. The maximum Gasteiger partial charge on any atom is 0.0342 e. The molecular weight excluding hydrogens is 256 g/mol. The lowest BCUT2D eigenvalue weighted by Gasteiger charge is -2.54. The van der Waals surface area contributed by atoms with Crippen LogP contribution < -0.4 is 5.73 Å². The monoisotopic (exact) mass is 292 g/mol. The first kappa shape index (κ1) is 15.8. The van der Waals surface area contributed by atoms with Crippen LogP contribution in [0.1, 0.15) is 78.6 Å².